The van der Waals surface area contributed by atoms with Crippen molar-refractivity contribution in [2.45, 2.75) is 33.4 Å². The van der Waals surface area contributed by atoms with Crippen LogP contribution in [-0.4, -0.2) is 15.1 Å². The predicted molar refractivity (Wildman–Crippen MR) is 80.3 cm³/mol. The quantitative estimate of drug-likeness (QED) is 0.775. The summed E-state index contributed by atoms with van der Waals surface area (Å²) in [6.07, 6.45) is 0.859. The van der Waals surface area contributed by atoms with Gasteiger partial charge in [0.25, 0.3) is 0 Å². The third kappa shape index (κ3) is 3.24. The smallest absolute Gasteiger partial charge is 0.222 e. The minimum atomic E-state index is 0.0648. The second-order valence-corrected chi connectivity index (χ2v) is 4.68. The summed E-state index contributed by atoms with van der Waals surface area (Å²) in [5, 5.41) is 12.3. The predicted octanol–water partition coefficient (Wildman–Crippen LogP) is 2.03. The number of nitrogens with one attached hydrogen (secondary N) is 1. The molecule has 0 saturated carbocycles. The lowest BCUT2D eigenvalue weighted by Gasteiger charge is -2.12. The Morgan fingerprint density at radius 1 is 1.15 bits per heavy atom. The molecule has 0 atom stereocenters. The van der Waals surface area contributed by atoms with E-state index in [0.29, 0.717) is 6.54 Å². The van der Waals surface area contributed by atoms with Gasteiger partial charge in [-0.2, -0.15) is 4.98 Å². The van der Waals surface area contributed by atoms with Crippen LogP contribution < -0.4 is 11.1 Å². The molecule has 5 heteroatoms. The average molecular weight is 272 g/mol. The molecule has 0 fully saturated rings. The molecule has 0 aliphatic heterocycles. The van der Waals surface area contributed by atoms with Gasteiger partial charge in [0.2, 0.25) is 5.95 Å². The third-order valence-electron chi connectivity index (χ3n) is 3.25. The molecule has 0 spiro atoms. The Morgan fingerprint density at radius 3 is 2.40 bits per heavy atom. The summed E-state index contributed by atoms with van der Waals surface area (Å²) in [6, 6.07) is 7.80. The zero-order chi connectivity index (χ0) is 14.5. The minimum absolute atomic E-state index is 0.0648. The van der Waals surface area contributed by atoms with Crippen LogP contribution in [0.2, 0.25) is 0 Å². The standard InChI is InChI=1S/C15H20N4O/c1-3-13-10(2)18-15(16)19-14(13)17-8-11-4-6-12(9-20)7-5-11/h4-7,20H,3,8-9H2,1-2H3,(H3,16,17,18,19). The van der Waals surface area contributed by atoms with Gasteiger partial charge in [-0.05, 0) is 24.5 Å². The fraction of sp³-hybridized carbons (Fsp3) is 0.333. The molecule has 2 rings (SSSR count). The molecular formula is C15H20N4O. The Morgan fingerprint density at radius 2 is 1.80 bits per heavy atom. The van der Waals surface area contributed by atoms with Crippen LogP contribution in [-0.2, 0) is 19.6 Å². The Labute approximate surface area is 118 Å². The van der Waals surface area contributed by atoms with Crippen molar-refractivity contribution in [2.24, 2.45) is 0 Å². The molecule has 0 bridgehead atoms. The molecule has 1 aromatic carbocycles. The maximum Gasteiger partial charge on any atom is 0.222 e. The van der Waals surface area contributed by atoms with E-state index in [1.807, 2.05) is 31.2 Å². The van der Waals surface area contributed by atoms with E-state index >= 15 is 0 Å². The van der Waals surface area contributed by atoms with Gasteiger partial charge in [-0.15, -0.1) is 0 Å². The van der Waals surface area contributed by atoms with Gasteiger partial charge in [-0.25, -0.2) is 4.98 Å². The number of nitrogens with two attached hydrogens (primary N) is 1. The molecule has 2 aromatic rings. The average Bonchev–Trinajstić information content (AvgIpc) is 2.45. The van der Waals surface area contributed by atoms with E-state index in [0.717, 1.165) is 34.6 Å². The zero-order valence-electron chi connectivity index (χ0n) is 11.8. The van der Waals surface area contributed by atoms with Crippen molar-refractivity contribution >= 4 is 11.8 Å². The Kier molecular flexibility index (Phi) is 4.53. The van der Waals surface area contributed by atoms with Crippen molar-refractivity contribution in [3.8, 4) is 0 Å². The van der Waals surface area contributed by atoms with Gasteiger partial charge in [0.1, 0.15) is 5.82 Å². The van der Waals surface area contributed by atoms with Crippen molar-refractivity contribution in [1.82, 2.24) is 9.97 Å². The van der Waals surface area contributed by atoms with Gasteiger partial charge in [0.15, 0.2) is 0 Å². The molecule has 0 aliphatic carbocycles. The first-order chi connectivity index (χ1) is 9.63. The number of hydrogen-bond acceptors (Lipinski definition) is 5. The number of nitrogen functional groups attached to an aromatic ring is 1. The van der Waals surface area contributed by atoms with Crippen molar-refractivity contribution in [2.75, 3.05) is 11.1 Å². The third-order valence-corrected chi connectivity index (χ3v) is 3.25. The van der Waals surface area contributed by atoms with Crippen LogP contribution in [0.3, 0.4) is 0 Å². The van der Waals surface area contributed by atoms with Crippen LogP contribution in [0.4, 0.5) is 11.8 Å². The molecule has 1 aromatic heterocycles. The number of aromatic nitrogens is 2. The fourth-order valence-electron chi connectivity index (χ4n) is 2.14. The zero-order valence-corrected chi connectivity index (χ0v) is 11.8. The molecule has 0 radical (unpaired) electrons. The molecule has 106 valence electrons. The first kappa shape index (κ1) is 14.3. The van der Waals surface area contributed by atoms with Crippen molar-refractivity contribution in [1.29, 1.82) is 0 Å². The van der Waals surface area contributed by atoms with Gasteiger partial charge in [0.05, 0.1) is 6.61 Å². The number of aryl methyl sites for hydroxylation is 1. The molecule has 0 saturated heterocycles. The maximum atomic E-state index is 9.02. The molecule has 0 unspecified atom stereocenters. The second-order valence-electron chi connectivity index (χ2n) is 4.68. The normalized spacial score (nSPS) is 10.6. The van der Waals surface area contributed by atoms with E-state index in [2.05, 4.69) is 22.2 Å². The Hall–Kier alpha value is -2.14. The van der Waals surface area contributed by atoms with Gasteiger partial charge in [0, 0.05) is 17.8 Å². The van der Waals surface area contributed by atoms with Crippen molar-refractivity contribution < 1.29 is 5.11 Å². The molecule has 1 heterocycles. The van der Waals surface area contributed by atoms with E-state index in [1.54, 1.807) is 0 Å². The summed E-state index contributed by atoms with van der Waals surface area (Å²) in [6.45, 7) is 4.74. The van der Waals surface area contributed by atoms with E-state index < -0.39 is 0 Å². The second kappa shape index (κ2) is 6.34. The van der Waals surface area contributed by atoms with Gasteiger partial charge >= 0.3 is 0 Å². The van der Waals surface area contributed by atoms with Crippen LogP contribution in [0.15, 0.2) is 24.3 Å². The fourth-order valence-corrected chi connectivity index (χ4v) is 2.14. The first-order valence-corrected chi connectivity index (χ1v) is 6.69. The molecule has 0 aliphatic rings. The Balaban J connectivity index is 2.13. The Bertz CT molecular complexity index is 581. The van der Waals surface area contributed by atoms with Gasteiger partial charge in [-0.3, -0.25) is 0 Å². The lowest BCUT2D eigenvalue weighted by molar-refractivity contribution is 0.282. The van der Waals surface area contributed by atoms with Crippen LogP contribution in [0.25, 0.3) is 0 Å². The molecular weight excluding hydrogens is 252 g/mol. The van der Waals surface area contributed by atoms with Crippen molar-refractivity contribution in [3.05, 3.63) is 46.6 Å². The summed E-state index contributed by atoms with van der Waals surface area (Å²) >= 11 is 0. The number of nitrogens with zero attached hydrogens (tertiary/aromatic N) is 2. The van der Waals surface area contributed by atoms with E-state index in [4.69, 9.17) is 10.8 Å². The summed E-state index contributed by atoms with van der Waals surface area (Å²) in [7, 11) is 0. The summed E-state index contributed by atoms with van der Waals surface area (Å²) < 4.78 is 0. The first-order valence-electron chi connectivity index (χ1n) is 6.69. The minimum Gasteiger partial charge on any atom is -0.392 e. The topological polar surface area (TPSA) is 84.1 Å². The molecule has 4 N–H and O–H groups in total. The highest BCUT2D eigenvalue weighted by molar-refractivity contribution is 5.49. The summed E-state index contributed by atoms with van der Waals surface area (Å²) in [5.41, 5.74) is 9.74. The number of benzene rings is 1. The number of aliphatic hydroxyl groups excluding tert-OH is 1. The SMILES string of the molecule is CCc1c(C)nc(N)nc1NCc1ccc(CO)cc1. The van der Waals surface area contributed by atoms with E-state index in [1.165, 1.54) is 0 Å². The lowest BCUT2D eigenvalue weighted by atomic mass is 10.1. The largest absolute Gasteiger partial charge is 0.392 e. The van der Waals surface area contributed by atoms with Crippen LogP contribution in [0.5, 0.6) is 0 Å². The van der Waals surface area contributed by atoms with Crippen LogP contribution in [0.1, 0.15) is 29.3 Å². The number of aliphatic hydroxyl groups is 1. The van der Waals surface area contributed by atoms with Gasteiger partial charge in [-0.1, -0.05) is 31.2 Å². The summed E-state index contributed by atoms with van der Waals surface area (Å²) in [4.78, 5) is 8.45. The van der Waals surface area contributed by atoms with Crippen LogP contribution in [0, 0.1) is 6.92 Å². The monoisotopic (exact) mass is 272 g/mol. The number of rotatable bonds is 5. The molecule has 20 heavy (non-hydrogen) atoms. The highest BCUT2D eigenvalue weighted by atomic mass is 16.3. The lowest BCUT2D eigenvalue weighted by Crippen LogP contribution is -2.09. The summed E-state index contributed by atoms with van der Waals surface area (Å²) in [5.74, 6) is 1.08. The van der Waals surface area contributed by atoms with Gasteiger partial charge < -0.3 is 16.2 Å². The van der Waals surface area contributed by atoms with Crippen molar-refractivity contribution in [3.63, 3.8) is 0 Å². The molecule has 0 amide bonds. The highest BCUT2D eigenvalue weighted by Gasteiger charge is 2.08. The maximum absolute atomic E-state index is 9.02. The number of anilines is 2. The molecule has 5 nitrogen and oxygen atoms in total. The van der Waals surface area contributed by atoms with E-state index in [-0.39, 0.29) is 12.6 Å². The van der Waals surface area contributed by atoms with E-state index in [9.17, 15) is 0 Å². The van der Waals surface area contributed by atoms with Crippen LogP contribution >= 0.6 is 0 Å². The number of hydrogen-bond donors (Lipinski definition) is 3. The highest BCUT2D eigenvalue weighted by Crippen LogP contribution is 2.18.